The number of para-hydroxylation sites is 1. The Labute approximate surface area is 155 Å². The van der Waals surface area contributed by atoms with Crippen LogP contribution >= 0.6 is 27.3 Å². The van der Waals surface area contributed by atoms with Crippen LogP contribution in [0.4, 0.5) is 0 Å². The Morgan fingerprint density at radius 1 is 1.32 bits per heavy atom. The van der Waals surface area contributed by atoms with Gasteiger partial charge in [0.15, 0.2) is 0 Å². The molecule has 7 heteroatoms. The highest BCUT2D eigenvalue weighted by atomic mass is 79.9. The number of nitrogens with two attached hydrogens (primary N) is 1. The van der Waals surface area contributed by atoms with E-state index in [4.69, 9.17) is 10.5 Å². The van der Waals surface area contributed by atoms with E-state index in [1.165, 1.54) is 11.3 Å². The number of hydrogen-bond acceptors (Lipinski definition) is 5. The average Bonchev–Trinajstić information content (AvgIpc) is 3.04. The van der Waals surface area contributed by atoms with Crippen LogP contribution < -0.4 is 16.0 Å². The van der Waals surface area contributed by atoms with Crippen molar-refractivity contribution in [2.75, 3.05) is 0 Å². The fraction of sp³-hybridized carbons (Fsp3) is 0.111. The normalized spacial score (nSPS) is 16.4. The first kappa shape index (κ1) is 15.9. The van der Waals surface area contributed by atoms with Gasteiger partial charge >= 0.3 is 0 Å². The molecule has 0 spiro atoms. The summed E-state index contributed by atoms with van der Waals surface area (Å²) in [6, 6.07) is 13.4. The van der Waals surface area contributed by atoms with Crippen molar-refractivity contribution in [1.29, 1.82) is 5.26 Å². The van der Waals surface area contributed by atoms with Gasteiger partial charge in [-0.05, 0) is 40.2 Å². The number of rotatable bonds is 1. The largest absolute Gasteiger partial charge is 0.439 e. The van der Waals surface area contributed by atoms with Crippen molar-refractivity contribution in [3.05, 3.63) is 72.4 Å². The molecule has 0 fully saturated rings. The summed E-state index contributed by atoms with van der Waals surface area (Å²) in [5.41, 5.74) is 7.31. The van der Waals surface area contributed by atoms with E-state index in [0.29, 0.717) is 11.3 Å². The molecule has 124 valence electrons. The standard InChI is InChI=1S/C18H12BrN3O2S/c1-22-11-5-3-2-4-9(11)16-15(18(22)23)14(10(8-20)17(21)24-16)12-6-7-13(19)25-12/h2-7,14H,21H2,1H3. The number of pyridine rings is 1. The van der Waals surface area contributed by atoms with Crippen molar-refractivity contribution >= 4 is 38.2 Å². The molecule has 0 aliphatic carbocycles. The molecule has 1 aliphatic rings. The monoisotopic (exact) mass is 413 g/mol. The lowest BCUT2D eigenvalue weighted by Gasteiger charge is -2.26. The van der Waals surface area contributed by atoms with Crippen molar-refractivity contribution in [3.8, 4) is 11.8 Å². The van der Waals surface area contributed by atoms with Gasteiger partial charge in [-0.25, -0.2) is 0 Å². The minimum atomic E-state index is -0.534. The predicted molar refractivity (Wildman–Crippen MR) is 101 cm³/mol. The minimum absolute atomic E-state index is 0.0444. The van der Waals surface area contributed by atoms with E-state index in [9.17, 15) is 10.1 Å². The summed E-state index contributed by atoms with van der Waals surface area (Å²) < 4.78 is 8.26. The summed E-state index contributed by atoms with van der Waals surface area (Å²) in [4.78, 5) is 14.0. The molecule has 0 amide bonds. The van der Waals surface area contributed by atoms with Gasteiger partial charge in [0.1, 0.15) is 17.4 Å². The quantitative estimate of drug-likeness (QED) is 0.660. The molecule has 0 saturated heterocycles. The number of aryl methyl sites for hydroxylation is 1. The lowest BCUT2D eigenvalue weighted by atomic mass is 9.88. The van der Waals surface area contributed by atoms with Crippen LogP contribution in [-0.4, -0.2) is 4.57 Å². The number of aromatic nitrogens is 1. The molecule has 3 heterocycles. The van der Waals surface area contributed by atoms with Gasteiger partial charge < -0.3 is 15.0 Å². The van der Waals surface area contributed by atoms with Crippen LogP contribution in [0, 0.1) is 11.3 Å². The Hall–Kier alpha value is -2.56. The zero-order chi connectivity index (χ0) is 17.7. The fourth-order valence-corrected chi connectivity index (χ4v) is 4.74. The van der Waals surface area contributed by atoms with Crippen LogP contribution in [0.3, 0.4) is 0 Å². The van der Waals surface area contributed by atoms with Crippen molar-refractivity contribution in [2.45, 2.75) is 5.92 Å². The second kappa shape index (κ2) is 5.76. The third-order valence-electron chi connectivity index (χ3n) is 4.34. The van der Waals surface area contributed by atoms with E-state index in [-0.39, 0.29) is 17.0 Å². The maximum absolute atomic E-state index is 13.1. The topological polar surface area (TPSA) is 81.0 Å². The van der Waals surface area contributed by atoms with Crippen molar-refractivity contribution in [1.82, 2.24) is 4.57 Å². The number of thiophene rings is 1. The summed E-state index contributed by atoms with van der Waals surface area (Å²) in [7, 11) is 1.72. The molecule has 1 aromatic carbocycles. The Morgan fingerprint density at radius 2 is 2.08 bits per heavy atom. The molecule has 2 N–H and O–H groups in total. The predicted octanol–water partition coefficient (Wildman–Crippen LogP) is 3.58. The van der Waals surface area contributed by atoms with Gasteiger partial charge in [0.05, 0.1) is 20.8 Å². The summed E-state index contributed by atoms with van der Waals surface area (Å²) in [5, 5.41) is 10.4. The first-order valence-corrected chi connectivity index (χ1v) is 9.08. The highest BCUT2D eigenvalue weighted by Crippen LogP contribution is 2.45. The lowest BCUT2D eigenvalue weighted by Crippen LogP contribution is -2.30. The summed E-state index contributed by atoms with van der Waals surface area (Å²) in [6.45, 7) is 0. The molecule has 25 heavy (non-hydrogen) atoms. The molecule has 1 atom stereocenters. The lowest BCUT2D eigenvalue weighted by molar-refractivity contribution is 0.396. The molecule has 1 unspecified atom stereocenters. The summed E-state index contributed by atoms with van der Waals surface area (Å²) in [6.07, 6.45) is 0. The van der Waals surface area contributed by atoms with E-state index < -0.39 is 5.92 Å². The summed E-state index contributed by atoms with van der Waals surface area (Å²) >= 11 is 4.91. The summed E-state index contributed by atoms with van der Waals surface area (Å²) in [5.74, 6) is -0.0546. The zero-order valence-electron chi connectivity index (χ0n) is 13.1. The van der Waals surface area contributed by atoms with Crippen LogP contribution in [0.25, 0.3) is 10.9 Å². The third kappa shape index (κ3) is 2.29. The van der Waals surface area contributed by atoms with Crippen molar-refractivity contribution in [2.24, 2.45) is 12.8 Å². The second-order valence-electron chi connectivity index (χ2n) is 5.69. The molecule has 0 saturated carbocycles. The van der Waals surface area contributed by atoms with Crippen LogP contribution in [-0.2, 0) is 7.05 Å². The van der Waals surface area contributed by atoms with Crippen LogP contribution in [0.5, 0.6) is 5.75 Å². The molecule has 5 nitrogen and oxygen atoms in total. The van der Waals surface area contributed by atoms with Gasteiger partial charge in [-0.3, -0.25) is 4.79 Å². The van der Waals surface area contributed by atoms with Crippen molar-refractivity contribution in [3.63, 3.8) is 0 Å². The molecule has 3 aromatic rings. The van der Waals surface area contributed by atoms with E-state index in [0.717, 1.165) is 19.6 Å². The van der Waals surface area contributed by atoms with Crippen molar-refractivity contribution < 1.29 is 4.74 Å². The van der Waals surface area contributed by atoms with Gasteiger partial charge in [-0.1, -0.05) is 12.1 Å². The van der Waals surface area contributed by atoms with E-state index in [1.807, 2.05) is 36.4 Å². The molecular weight excluding hydrogens is 402 g/mol. The number of allylic oxidation sites excluding steroid dienone is 1. The SMILES string of the molecule is Cn1c(=O)c2c(c3ccccc31)OC(N)=C(C#N)C2c1ccc(Br)s1. The molecular formula is C18H12BrN3O2S. The van der Waals surface area contributed by atoms with Crippen LogP contribution in [0.2, 0.25) is 0 Å². The smallest absolute Gasteiger partial charge is 0.258 e. The zero-order valence-corrected chi connectivity index (χ0v) is 15.5. The highest BCUT2D eigenvalue weighted by molar-refractivity contribution is 9.11. The Morgan fingerprint density at radius 3 is 2.76 bits per heavy atom. The van der Waals surface area contributed by atoms with Crippen LogP contribution in [0.15, 0.2) is 56.4 Å². The number of hydrogen-bond donors (Lipinski definition) is 1. The van der Waals surface area contributed by atoms with Gasteiger partial charge in [0, 0.05) is 17.3 Å². The Balaban J connectivity index is 2.14. The first-order valence-electron chi connectivity index (χ1n) is 7.47. The molecule has 0 radical (unpaired) electrons. The number of nitriles is 1. The molecule has 4 rings (SSSR count). The van der Waals surface area contributed by atoms with Gasteiger partial charge in [0.2, 0.25) is 5.88 Å². The van der Waals surface area contributed by atoms with E-state index in [1.54, 1.807) is 11.6 Å². The third-order valence-corrected chi connectivity index (χ3v) is 6.03. The van der Waals surface area contributed by atoms with E-state index >= 15 is 0 Å². The molecule has 0 bridgehead atoms. The van der Waals surface area contributed by atoms with Crippen LogP contribution in [0.1, 0.15) is 16.4 Å². The van der Waals surface area contributed by atoms with Gasteiger partial charge in [-0.15, -0.1) is 11.3 Å². The number of fused-ring (bicyclic) bond motifs is 3. The maximum Gasteiger partial charge on any atom is 0.258 e. The fourth-order valence-electron chi connectivity index (χ4n) is 3.19. The Bertz CT molecular complexity index is 1150. The number of ether oxygens (including phenoxy) is 1. The van der Waals surface area contributed by atoms with E-state index in [2.05, 4.69) is 22.0 Å². The molecule has 1 aliphatic heterocycles. The highest BCUT2D eigenvalue weighted by Gasteiger charge is 2.35. The van der Waals surface area contributed by atoms with Gasteiger partial charge in [-0.2, -0.15) is 5.26 Å². The first-order chi connectivity index (χ1) is 12.0. The average molecular weight is 414 g/mol. The Kier molecular flexibility index (Phi) is 3.67. The number of halogens is 1. The number of nitrogens with zero attached hydrogens (tertiary/aromatic N) is 2. The minimum Gasteiger partial charge on any atom is -0.439 e. The van der Waals surface area contributed by atoms with Gasteiger partial charge in [0.25, 0.3) is 5.56 Å². The maximum atomic E-state index is 13.1. The molecule has 2 aromatic heterocycles. The number of benzene rings is 1. The second-order valence-corrected chi connectivity index (χ2v) is 8.19.